The van der Waals surface area contributed by atoms with Crippen LogP contribution in [0.4, 0.5) is 11.4 Å². The zero-order chi connectivity index (χ0) is 24.1. The number of rotatable bonds is 8. The molecule has 0 bridgehead atoms. The van der Waals surface area contributed by atoms with E-state index in [4.69, 9.17) is 4.74 Å². The molecular weight excluding hydrogens is 448 g/mol. The molecule has 1 unspecified atom stereocenters. The fourth-order valence-corrected chi connectivity index (χ4v) is 4.74. The van der Waals surface area contributed by atoms with Crippen LogP contribution in [0.5, 0.6) is 5.75 Å². The van der Waals surface area contributed by atoms with Crippen molar-refractivity contribution >= 4 is 38.1 Å². The highest BCUT2D eigenvalue weighted by Crippen LogP contribution is 2.27. The molecule has 1 amide bonds. The van der Waals surface area contributed by atoms with Crippen LogP contribution in [-0.2, 0) is 14.8 Å². The molecule has 0 saturated heterocycles. The average Bonchev–Trinajstić information content (AvgIpc) is 2.84. The van der Waals surface area contributed by atoms with Crippen LogP contribution in [0.15, 0.2) is 95.9 Å². The van der Waals surface area contributed by atoms with Gasteiger partial charge in [-0.1, -0.05) is 61.5 Å². The van der Waals surface area contributed by atoms with Crippen molar-refractivity contribution in [2.75, 3.05) is 10.0 Å². The van der Waals surface area contributed by atoms with Crippen molar-refractivity contribution in [3.8, 4) is 5.75 Å². The molecule has 0 spiro atoms. The lowest BCUT2D eigenvalue weighted by Crippen LogP contribution is -2.32. The van der Waals surface area contributed by atoms with E-state index in [2.05, 4.69) is 10.0 Å². The quantitative estimate of drug-likeness (QED) is 0.341. The third kappa shape index (κ3) is 5.21. The van der Waals surface area contributed by atoms with Crippen molar-refractivity contribution in [2.24, 2.45) is 0 Å². The predicted molar refractivity (Wildman–Crippen MR) is 136 cm³/mol. The molecule has 0 aliphatic carbocycles. The monoisotopic (exact) mass is 474 g/mol. The van der Waals surface area contributed by atoms with Gasteiger partial charge in [-0.2, -0.15) is 0 Å². The molecule has 0 fully saturated rings. The maximum absolute atomic E-state index is 12.9. The summed E-state index contributed by atoms with van der Waals surface area (Å²) in [4.78, 5) is 13.0. The molecular formula is C27H26N2O4S. The van der Waals surface area contributed by atoms with Crippen LogP contribution >= 0.6 is 0 Å². The molecule has 4 aromatic carbocycles. The predicted octanol–water partition coefficient (Wildman–Crippen LogP) is 5.75. The highest BCUT2D eigenvalue weighted by molar-refractivity contribution is 7.92. The van der Waals surface area contributed by atoms with Crippen molar-refractivity contribution in [1.29, 1.82) is 0 Å². The summed E-state index contributed by atoms with van der Waals surface area (Å²) >= 11 is 0. The number of carbonyl (C=O) groups excluding carboxylic acids is 1. The average molecular weight is 475 g/mol. The summed E-state index contributed by atoms with van der Waals surface area (Å²) in [5, 5.41) is 4.79. The number of sulfonamides is 1. The number of hydrogen-bond donors (Lipinski definition) is 2. The molecule has 6 nitrogen and oxygen atoms in total. The Kier molecular flexibility index (Phi) is 6.84. The van der Waals surface area contributed by atoms with Gasteiger partial charge in [0.2, 0.25) is 0 Å². The summed E-state index contributed by atoms with van der Waals surface area (Å²) in [6.07, 6.45) is -0.223. The van der Waals surface area contributed by atoms with Gasteiger partial charge in [-0.15, -0.1) is 0 Å². The van der Waals surface area contributed by atoms with Crippen molar-refractivity contribution in [2.45, 2.75) is 31.3 Å². The normalized spacial score (nSPS) is 12.2. The summed E-state index contributed by atoms with van der Waals surface area (Å²) in [5.74, 6) is 0.341. The Morgan fingerprint density at radius 1 is 0.882 bits per heavy atom. The highest BCUT2D eigenvalue weighted by atomic mass is 32.2. The smallest absolute Gasteiger partial charge is 0.265 e. The van der Waals surface area contributed by atoms with Crippen molar-refractivity contribution < 1.29 is 17.9 Å². The lowest BCUT2D eigenvalue weighted by atomic mass is 10.1. The minimum atomic E-state index is -3.75. The van der Waals surface area contributed by atoms with Crippen LogP contribution in [0.2, 0.25) is 0 Å². The van der Waals surface area contributed by atoms with Gasteiger partial charge in [0.25, 0.3) is 15.9 Å². The van der Waals surface area contributed by atoms with Crippen LogP contribution in [0.25, 0.3) is 10.8 Å². The zero-order valence-corrected chi connectivity index (χ0v) is 19.8. The number of aryl methyl sites for hydroxylation is 1. The summed E-state index contributed by atoms with van der Waals surface area (Å²) in [5.41, 5.74) is 1.84. The third-order valence-electron chi connectivity index (χ3n) is 5.50. The van der Waals surface area contributed by atoms with E-state index in [1.807, 2.05) is 68.4 Å². The maximum Gasteiger partial charge on any atom is 0.265 e. The van der Waals surface area contributed by atoms with Crippen molar-refractivity contribution in [3.05, 3.63) is 96.6 Å². The molecule has 0 aromatic heterocycles. The second kappa shape index (κ2) is 9.97. The minimum Gasteiger partial charge on any atom is -0.480 e. The zero-order valence-electron chi connectivity index (χ0n) is 19.0. The fourth-order valence-electron chi connectivity index (χ4n) is 3.61. The first-order valence-electron chi connectivity index (χ1n) is 11.0. The van der Waals surface area contributed by atoms with Gasteiger partial charge in [0.05, 0.1) is 10.6 Å². The lowest BCUT2D eigenvalue weighted by Gasteiger charge is -2.18. The Balaban J connectivity index is 1.45. The molecule has 4 aromatic rings. The van der Waals surface area contributed by atoms with E-state index in [0.717, 1.165) is 16.3 Å². The molecule has 0 heterocycles. The Hall–Kier alpha value is -3.84. The molecule has 0 aliphatic heterocycles. The number of amides is 1. The van der Waals surface area contributed by atoms with Gasteiger partial charge in [-0.3, -0.25) is 9.52 Å². The largest absolute Gasteiger partial charge is 0.480 e. The highest BCUT2D eigenvalue weighted by Gasteiger charge is 2.20. The maximum atomic E-state index is 12.9. The summed E-state index contributed by atoms with van der Waals surface area (Å²) in [7, 11) is -3.75. The number of carbonyl (C=O) groups is 1. The van der Waals surface area contributed by atoms with Crippen molar-refractivity contribution in [3.63, 3.8) is 0 Å². The van der Waals surface area contributed by atoms with E-state index in [1.54, 1.807) is 24.3 Å². The first kappa shape index (κ1) is 23.3. The van der Waals surface area contributed by atoms with Crippen LogP contribution in [0, 0.1) is 6.92 Å². The van der Waals surface area contributed by atoms with Gasteiger partial charge in [0.1, 0.15) is 5.75 Å². The van der Waals surface area contributed by atoms with Crippen LogP contribution in [0.3, 0.4) is 0 Å². The van der Waals surface area contributed by atoms with Crippen LogP contribution < -0.4 is 14.8 Å². The molecule has 34 heavy (non-hydrogen) atoms. The number of ether oxygens (including phenoxy) is 1. The number of benzene rings is 4. The molecule has 0 aliphatic rings. The Morgan fingerprint density at radius 3 is 2.29 bits per heavy atom. The second-order valence-corrected chi connectivity index (χ2v) is 9.61. The van der Waals surface area contributed by atoms with Gasteiger partial charge in [0, 0.05) is 11.1 Å². The van der Waals surface area contributed by atoms with Crippen LogP contribution in [0.1, 0.15) is 18.9 Å². The van der Waals surface area contributed by atoms with Crippen LogP contribution in [-0.4, -0.2) is 20.4 Å². The number of nitrogens with one attached hydrogen (secondary N) is 2. The second-order valence-electron chi connectivity index (χ2n) is 7.93. The van der Waals surface area contributed by atoms with Gasteiger partial charge >= 0.3 is 0 Å². The molecule has 0 radical (unpaired) electrons. The first-order chi connectivity index (χ1) is 16.4. The number of anilines is 2. The molecule has 0 saturated carbocycles. The molecule has 1 atom stereocenters. The Bertz CT molecular complexity index is 1410. The van der Waals surface area contributed by atoms with Gasteiger partial charge in [0.15, 0.2) is 6.10 Å². The van der Waals surface area contributed by atoms with Gasteiger partial charge in [-0.05, 0) is 60.7 Å². The Morgan fingerprint density at radius 2 is 1.56 bits per heavy atom. The summed E-state index contributed by atoms with van der Waals surface area (Å²) in [6, 6.07) is 26.8. The topological polar surface area (TPSA) is 84.5 Å². The van der Waals surface area contributed by atoms with Gasteiger partial charge < -0.3 is 10.1 Å². The van der Waals surface area contributed by atoms with E-state index in [-0.39, 0.29) is 10.8 Å². The minimum absolute atomic E-state index is 0.104. The summed E-state index contributed by atoms with van der Waals surface area (Å²) in [6.45, 7) is 3.71. The number of hydrogen-bond acceptors (Lipinski definition) is 4. The lowest BCUT2D eigenvalue weighted by molar-refractivity contribution is -0.122. The third-order valence-corrected chi connectivity index (χ3v) is 6.89. The standard InChI is InChI=1S/C27H26N2O4S/c1-3-25(33-26-14-8-11-20-10-5-6-12-23(20)26)27(30)28-21-15-17-22(18-16-21)34(31,32)29-24-13-7-4-9-19(24)2/h4-18,25,29H,3H2,1-2H3,(H,28,30). The summed E-state index contributed by atoms with van der Waals surface area (Å²) < 4.78 is 34.1. The van der Waals surface area contributed by atoms with E-state index < -0.39 is 16.1 Å². The van der Waals surface area contributed by atoms with E-state index in [1.165, 1.54) is 12.1 Å². The first-order valence-corrected chi connectivity index (χ1v) is 12.5. The van der Waals surface area contributed by atoms with Crippen molar-refractivity contribution in [1.82, 2.24) is 0 Å². The van der Waals surface area contributed by atoms with E-state index >= 15 is 0 Å². The van der Waals surface area contributed by atoms with E-state index in [0.29, 0.717) is 23.5 Å². The molecule has 7 heteroatoms. The number of para-hydroxylation sites is 1. The van der Waals surface area contributed by atoms with Gasteiger partial charge in [-0.25, -0.2) is 8.42 Å². The molecule has 174 valence electrons. The molecule has 2 N–H and O–H groups in total. The fraction of sp³-hybridized carbons (Fsp3) is 0.148. The number of fused-ring (bicyclic) bond motifs is 1. The SMILES string of the molecule is CCC(Oc1cccc2ccccc12)C(=O)Nc1ccc(S(=O)(=O)Nc2ccccc2C)cc1. The molecule has 4 rings (SSSR count). The Labute approximate surface area is 199 Å². The van der Waals surface area contributed by atoms with E-state index in [9.17, 15) is 13.2 Å².